The summed E-state index contributed by atoms with van der Waals surface area (Å²) in [6, 6.07) is 2.59. The first-order valence-corrected chi connectivity index (χ1v) is 7.15. The van der Waals surface area contributed by atoms with E-state index in [0.29, 0.717) is 12.8 Å². The number of Topliss-reactive ketones (excluding diaryl/α,β-unsaturated/α-hetero) is 1. The van der Waals surface area contributed by atoms with E-state index in [1.54, 1.807) is 6.07 Å². The predicted molar refractivity (Wildman–Crippen MR) is 76.7 cm³/mol. The standard InChI is InChI=1S/C15H16N2O5/c16-8-10-7-11(18)15(20)13(17(21)22)12(10)14(19)9-5-3-1-2-4-6-9/h7,9,18,20H,1-6H2. The highest BCUT2D eigenvalue weighted by atomic mass is 16.6. The van der Waals surface area contributed by atoms with Gasteiger partial charge in [-0.25, -0.2) is 0 Å². The smallest absolute Gasteiger partial charge is 0.326 e. The van der Waals surface area contributed by atoms with Gasteiger partial charge in [-0.1, -0.05) is 25.7 Å². The molecule has 0 aliphatic heterocycles. The normalized spacial score (nSPS) is 15.8. The summed E-state index contributed by atoms with van der Waals surface area (Å²) < 4.78 is 0. The van der Waals surface area contributed by atoms with Gasteiger partial charge in [-0.2, -0.15) is 5.26 Å². The molecule has 2 N–H and O–H groups in total. The number of rotatable bonds is 3. The van der Waals surface area contributed by atoms with Gasteiger partial charge in [0.2, 0.25) is 5.75 Å². The number of carbonyl (C=O) groups is 1. The number of nitrogens with zero attached hydrogens (tertiary/aromatic N) is 2. The van der Waals surface area contributed by atoms with Crippen molar-refractivity contribution in [2.24, 2.45) is 5.92 Å². The number of phenolic OH excluding ortho intramolecular Hbond substituents is 2. The maximum absolute atomic E-state index is 12.7. The molecule has 2 rings (SSSR count). The summed E-state index contributed by atoms with van der Waals surface area (Å²) >= 11 is 0. The monoisotopic (exact) mass is 304 g/mol. The van der Waals surface area contributed by atoms with Crippen LogP contribution in [0.2, 0.25) is 0 Å². The van der Waals surface area contributed by atoms with Crippen molar-refractivity contribution in [2.75, 3.05) is 0 Å². The number of hydrogen-bond acceptors (Lipinski definition) is 6. The molecule has 1 aliphatic carbocycles. The third-order valence-corrected chi connectivity index (χ3v) is 4.03. The lowest BCUT2D eigenvalue weighted by atomic mass is 9.87. The van der Waals surface area contributed by atoms with E-state index in [1.165, 1.54) is 0 Å². The molecule has 0 aromatic heterocycles. The fraction of sp³-hybridized carbons (Fsp3) is 0.467. The van der Waals surface area contributed by atoms with Crippen molar-refractivity contribution in [3.05, 3.63) is 27.3 Å². The van der Waals surface area contributed by atoms with E-state index in [2.05, 4.69) is 0 Å². The van der Waals surface area contributed by atoms with E-state index < -0.39 is 39.4 Å². The van der Waals surface area contributed by atoms with Crippen molar-refractivity contribution in [3.63, 3.8) is 0 Å². The zero-order chi connectivity index (χ0) is 16.3. The molecule has 1 aliphatic rings. The maximum Gasteiger partial charge on any atom is 0.326 e. The quantitative estimate of drug-likeness (QED) is 0.291. The highest BCUT2D eigenvalue weighted by molar-refractivity contribution is 6.05. The van der Waals surface area contributed by atoms with Crippen LogP contribution in [0.1, 0.15) is 54.4 Å². The van der Waals surface area contributed by atoms with Crippen molar-refractivity contribution < 1.29 is 19.9 Å². The van der Waals surface area contributed by atoms with Crippen LogP contribution >= 0.6 is 0 Å². The minimum atomic E-state index is -0.971. The molecule has 116 valence electrons. The number of aromatic hydroxyl groups is 2. The molecule has 7 heteroatoms. The highest BCUT2D eigenvalue weighted by Gasteiger charge is 2.34. The van der Waals surface area contributed by atoms with Crippen molar-refractivity contribution in [3.8, 4) is 17.6 Å². The van der Waals surface area contributed by atoms with Gasteiger partial charge >= 0.3 is 5.69 Å². The second-order valence-corrected chi connectivity index (χ2v) is 5.44. The molecule has 22 heavy (non-hydrogen) atoms. The van der Waals surface area contributed by atoms with E-state index in [9.17, 15) is 25.1 Å². The molecule has 0 heterocycles. The van der Waals surface area contributed by atoms with Gasteiger partial charge in [0.05, 0.1) is 10.5 Å². The number of phenols is 2. The summed E-state index contributed by atoms with van der Waals surface area (Å²) in [5, 5.41) is 39.5. The molecule has 0 saturated heterocycles. The molecular formula is C15H16N2O5. The van der Waals surface area contributed by atoms with Gasteiger partial charge in [0, 0.05) is 12.0 Å². The molecule has 1 aromatic carbocycles. The Kier molecular flexibility index (Phi) is 4.61. The summed E-state index contributed by atoms with van der Waals surface area (Å²) in [6.45, 7) is 0. The lowest BCUT2D eigenvalue weighted by molar-refractivity contribution is -0.386. The van der Waals surface area contributed by atoms with Crippen molar-refractivity contribution >= 4 is 11.5 Å². The van der Waals surface area contributed by atoms with Crippen LogP contribution < -0.4 is 0 Å². The van der Waals surface area contributed by atoms with Crippen LogP contribution in [0.3, 0.4) is 0 Å². The number of benzene rings is 1. The number of nitriles is 1. The summed E-state index contributed by atoms with van der Waals surface area (Å²) in [5.41, 5.74) is -1.56. The molecule has 1 saturated carbocycles. The minimum Gasteiger partial charge on any atom is -0.504 e. The van der Waals surface area contributed by atoms with Gasteiger partial charge in [-0.15, -0.1) is 0 Å². The van der Waals surface area contributed by atoms with Crippen molar-refractivity contribution in [1.29, 1.82) is 5.26 Å². The van der Waals surface area contributed by atoms with Gasteiger partial charge in [0.1, 0.15) is 11.6 Å². The van der Waals surface area contributed by atoms with Gasteiger partial charge in [0.25, 0.3) is 0 Å². The number of nitro benzene ring substituents is 1. The summed E-state index contributed by atoms with van der Waals surface area (Å²) in [5.74, 6) is -2.64. The van der Waals surface area contributed by atoms with E-state index >= 15 is 0 Å². The number of hydrogen-bond donors (Lipinski definition) is 2. The van der Waals surface area contributed by atoms with Crippen LogP contribution in [-0.4, -0.2) is 20.9 Å². The van der Waals surface area contributed by atoms with Gasteiger partial charge in [0.15, 0.2) is 11.5 Å². The Bertz CT molecular complexity index is 655. The fourth-order valence-corrected chi connectivity index (χ4v) is 2.91. The first-order chi connectivity index (χ1) is 10.5. The molecule has 0 atom stereocenters. The van der Waals surface area contributed by atoms with E-state index in [0.717, 1.165) is 31.7 Å². The Morgan fingerprint density at radius 3 is 2.36 bits per heavy atom. The zero-order valence-electron chi connectivity index (χ0n) is 11.9. The van der Waals surface area contributed by atoms with E-state index in [4.69, 9.17) is 5.26 Å². The Morgan fingerprint density at radius 2 is 1.86 bits per heavy atom. The van der Waals surface area contributed by atoms with Gasteiger partial charge in [-0.3, -0.25) is 14.9 Å². The Labute approximate surface area is 127 Å². The van der Waals surface area contributed by atoms with Crippen LogP contribution in [0.15, 0.2) is 6.07 Å². The summed E-state index contributed by atoms with van der Waals surface area (Å²) in [4.78, 5) is 22.9. The molecule has 1 aromatic rings. The zero-order valence-corrected chi connectivity index (χ0v) is 11.9. The molecule has 0 spiro atoms. The van der Waals surface area contributed by atoms with Crippen molar-refractivity contribution in [1.82, 2.24) is 0 Å². The number of ketones is 1. The molecule has 0 unspecified atom stereocenters. The van der Waals surface area contributed by atoms with Gasteiger partial charge in [-0.05, 0) is 12.8 Å². The lowest BCUT2D eigenvalue weighted by Gasteiger charge is -2.14. The van der Waals surface area contributed by atoms with Gasteiger partial charge < -0.3 is 10.2 Å². The van der Waals surface area contributed by atoms with Crippen LogP contribution in [0, 0.1) is 27.4 Å². The van der Waals surface area contributed by atoms with Crippen LogP contribution in [0.5, 0.6) is 11.5 Å². The average Bonchev–Trinajstić information content (AvgIpc) is 2.77. The van der Waals surface area contributed by atoms with Crippen molar-refractivity contribution in [2.45, 2.75) is 38.5 Å². The van der Waals surface area contributed by atoms with Crippen LogP contribution in [0.4, 0.5) is 5.69 Å². The number of nitro groups is 1. The molecule has 0 radical (unpaired) electrons. The lowest BCUT2D eigenvalue weighted by Crippen LogP contribution is -2.17. The molecule has 7 nitrogen and oxygen atoms in total. The third kappa shape index (κ3) is 2.86. The molecule has 0 bridgehead atoms. The topological polar surface area (TPSA) is 124 Å². The SMILES string of the molecule is N#Cc1cc(O)c(O)c([N+](=O)[O-])c1C(=O)C1CCCCCC1. The largest absolute Gasteiger partial charge is 0.504 e. The maximum atomic E-state index is 12.7. The minimum absolute atomic E-state index is 0.281. The molecular weight excluding hydrogens is 288 g/mol. The highest BCUT2D eigenvalue weighted by Crippen LogP contribution is 2.42. The fourth-order valence-electron chi connectivity index (χ4n) is 2.91. The molecule has 0 amide bonds. The predicted octanol–water partition coefficient (Wildman–Crippen LogP) is 3.03. The van der Waals surface area contributed by atoms with E-state index in [1.807, 2.05) is 0 Å². The average molecular weight is 304 g/mol. The first kappa shape index (κ1) is 15.8. The second kappa shape index (κ2) is 6.43. The Balaban J connectivity index is 2.57. The Hall–Kier alpha value is -2.62. The second-order valence-electron chi connectivity index (χ2n) is 5.44. The number of carbonyl (C=O) groups excluding carboxylic acids is 1. The summed E-state index contributed by atoms with van der Waals surface area (Å²) in [6.07, 6.45) is 4.97. The Morgan fingerprint density at radius 1 is 1.27 bits per heavy atom. The van der Waals surface area contributed by atoms with Crippen LogP contribution in [0.25, 0.3) is 0 Å². The first-order valence-electron chi connectivity index (χ1n) is 7.15. The summed E-state index contributed by atoms with van der Waals surface area (Å²) in [7, 11) is 0. The molecule has 1 fully saturated rings. The van der Waals surface area contributed by atoms with Crippen LogP contribution in [-0.2, 0) is 0 Å². The van der Waals surface area contributed by atoms with E-state index in [-0.39, 0.29) is 5.56 Å². The third-order valence-electron chi connectivity index (χ3n) is 4.03.